The van der Waals surface area contributed by atoms with Crippen LogP contribution in [0.25, 0.3) is 0 Å². The van der Waals surface area contributed by atoms with E-state index in [-0.39, 0.29) is 12.8 Å². The van der Waals surface area contributed by atoms with Gasteiger partial charge in [0.25, 0.3) is 0 Å². The van der Waals surface area contributed by atoms with Crippen LogP contribution in [0, 0.1) is 6.92 Å². The van der Waals surface area contributed by atoms with Crippen molar-refractivity contribution in [2.75, 3.05) is 50.8 Å². The Kier molecular flexibility index (Phi) is 10.7. The third-order valence-corrected chi connectivity index (χ3v) is 10.6. The van der Waals surface area contributed by atoms with Crippen molar-refractivity contribution in [1.82, 2.24) is 9.21 Å². The fourth-order valence-electron chi connectivity index (χ4n) is 5.37. The van der Waals surface area contributed by atoms with Crippen LogP contribution in [0.5, 0.6) is 5.75 Å². The van der Waals surface area contributed by atoms with Crippen molar-refractivity contribution in [2.24, 2.45) is 5.73 Å². The van der Waals surface area contributed by atoms with Crippen LogP contribution >= 0.6 is 0 Å². The van der Waals surface area contributed by atoms with Gasteiger partial charge in [-0.1, -0.05) is 32.1 Å². The molecule has 3 rings (SSSR count). The third-order valence-electron chi connectivity index (χ3n) is 7.95. The van der Waals surface area contributed by atoms with Gasteiger partial charge in [-0.3, -0.25) is 4.79 Å². The molecule has 0 atom stereocenters. The van der Waals surface area contributed by atoms with Crippen molar-refractivity contribution in [3.05, 3.63) is 59.8 Å². The maximum absolute atomic E-state index is 14.0. The number of hydrogen-bond donors (Lipinski definition) is 1. The fraction of sp³-hybridized carbons (Fsp3) is 0.567. The lowest BCUT2D eigenvalue weighted by Crippen LogP contribution is -2.61. The molecule has 0 aliphatic carbocycles. The number of likely N-dealkylation sites (tertiary alicyclic amines) is 1. The summed E-state index contributed by atoms with van der Waals surface area (Å²) in [6, 6.07) is 6.15. The zero-order valence-corrected chi connectivity index (χ0v) is 24.9. The molecule has 0 bridgehead atoms. The molecule has 2 N–H and O–H groups in total. The minimum Gasteiger partial charge on any atom is -0.493 e. The number of unbranched alkanes of at least 4 members (excludes halogenated alkanes) is 1. The number of carbonyl (C=O) groups excluding carboxylic acids is 1. The Morgan fingerprint density at radius 2 is 1.87 bits per heavy atom. The van der Waals surface area contributed by atoms with Crippen LogP contribution in [-0.2, 0) is 14.8 Å². The van der Waals surface area contributed by atoms with Crippen molar-refractivity contribution < 1.29 is 17.9 Å². The number of anilines is 1. The van der Waals surface area contributed by atoms with E-state index in [1.165, 1.54) is 4.31 Å². The molecule has 2 heterocycles. The molecule has 8 nitrogen and oxygen atoms in total. The first-order valence-corrected chi connectivity index (χ1v) is 15.5. The van der Waals surface area contributed by atoms with Gasteiger partial charge in [-0.05, 0) is 81.9 Å². The monoisotopic (exact) mass is 558 g/mol. The van der Waals surface area contributed by atoms with Crippen LogP contribution in [0.3, 0.4) is 0 Å². The van der Waals surface area contributed by atoms with Gasteiger partial charge in [0.1, 0.15) is 5.75 Å². The summed E-state index contributed by atoms with van der Waals surface area (Å²) >= 11 is 0. The minimum atomic E-state index is -3.95. The van der Waals surface area contributed by atoms with Crippen LogP contribution in [0.15, 0.2) is 54.3 Å². The number of ether oxygens (including phenoxy) is 1. The van der Waals surface area contributed by atoms with E-state index in [4.69, 9.17) is 10.5 Å². The van der Waals surface area contributed by atoms with Crippen LogP contribution in [0.2, 0.25) is 0 Å². The van der Waals surface area contributed by atoms with Crippen molar-refractivity contribution in [3.63, 3.8) is 0 Å². The van der Waals surface area contributed by atoms with Gasteiger partial charge in [0, 0.05) is 50.7 Å². The molecule has 2 saturated heterocycles. The number of hydrogen-bond acceptors (Lipinski definition) is 6. The first-order valence-electron chi connectivity index (χ1n) is 14.1. The average molecular weight is 559 g/mol. The predicted molar refractivity (Wildman–Crippen MR) is 159 cm³/mol. The van der Waals surface area contributed by atoms with Crippen LogP contribution in [0.1, 0.15) is 58.4 Å². The van der Waals surface area contributed by atoms with E-state index in [0.717, 1.165) is 47.7 Å². The second-order valence-electron chi connectivity index (χ2n) is 10.5. The van der Waals surface area contributed by atoms with E-state index in [1.807, 2.05) is 45.1 Å². The SMILES string of the molecule is C=C/C(C)=C\C(=C/C)N1CCC(C(N)=O)(S(=O)(=O)N2CCCN(c3ccc(OCCCC)c(C)c3)CC2)CC1. The van der Waals surface area contributed by atoms with E-state index >= 15 is 0 Å². The Balaban J connectivity index is 1.73. The Morgan fingerprint density at radius 3 is 2.46 bits per heavy atom. The minimum absolute atomic E-state index is 0.169. The summed E-state index contributed by atoms with van der Waals surface area (Å²) in [4.78, 5) is 17.1. The molecule has 0 unspecified atom stereocenters. The van der Waals surface area contributed by atoms with Gasteiger partial charge in [-0.2, -0.15) is 4.31 Å². The van der Waals surface area contributed by atoms with Crippen LogP contribution in [-0.4, -0.2) is 74.2 Å². The molecular weight excluding hydrogens is 512 g/mol. The average Bonchev–Trinajstić information content (AvgIpc) is 3.19. The number of primary amides is 1. The molecule has 0 aromatic heterocycles. The van der Waals surface area contributed by atoms with Crippen molar-refractivity contribution in [2.45, 2.75) is 64.5 Å². The smallest absolute Gasteiger partial charge is 0.240 e. The molecule has 39 heavy (non-hydrogen) atoms. The van der Waals surface area contributed by atoms with E-state index < -0.39 is 20.7 Å². The molecule has 2 fully saturated rings. The second kappa shape index (κ2) is 13.5. The Morgan fingerprint density at radius 1 is 1.15 bits per heavy atom. The highest BCUT2D eigenvalue weighted by Gasteiger charge is 2.53. The molecule has 1 aromatic rings. The Bertz CT molecular complexity index is 1180. The lowest BCUT2D eigenvalue weighted by Gasteiger charge is -2.42. The normalized spacial score (nSPS) is 19.5. The maximum atomic E-state index is 14.0. The van der Waals surface area contributed by atoms with E-state index in [2.05, 4.69) is 29.4 Å². The largest absolute Gasteiger partial charge is 0.493 e. The van der Waals surface area contributed by atoms with Crippen LogP contribution < -0.4 is 15.4 Å². The molecule has 216 valence electrons. The fourth-order valence-corrected chi connectivity index (χ4v) is 7.50. The van der Waals surface area contributed by atoms with Gasteiger partial charge < -0.3 is 20.3 Å². The van der Waals surface area contributed by atoms with E-state index in [9.17, 15) is 13.2 Å². The number of sulfonamides is 1. The zero-order chi connectivity index (χ0) is 28.6. The molecule has 0 radical (unpaired) electrons. The topological polar surface area (TPSA) is 96.2 Å². The van der Waals surface area contributed by atoms with E-state index in [0.29, 0.717) is 45.8 Å². The number of aryl methyl sites for hydroxylation is 1. The summed E-state index contributed by atoms with van der Waals surface area (Å²) in [5.41, 5.74) is 9.98. The number of allylic oxidation sites excluding steroid dienone is 4. The quantitative estimate of drug-likeness (QED) is 0.320. The summed E-state index contributed by atoms with van der Waals surface area (Å²) in [7, 11) is -3.95. The highest BCUT2D eigenvalue weighted by atomic mass is 32.2. The van der Waals surface area contributed by atoms with Crippen molar-refractivity contribution in [3.8, 4) is 5.75 Å². The summed E-state index contributed by atoms with van der Waals surface area (Å²) in [6.07, 6.45) is 8.91. The molecule has 0 saturated carbocycles. The highest BCUT2D eigenvalue weighted by molar-refractivity contribution is 7.91. The molecule has 0 spiro atoms. The number of carbonyl (C=O) groups is 1. The molecule has 9 heteroatoms. The van der Waals surface area contributed by atoms with Crippen molar-refractivity contribution in [1.29, 1.82) is 0 Å². The predicted octanol–water partition coefficient (Wildman–Crippen LogP) is 4.37. The summed E-state index contributed by atoms with van der Waals surface area (Å²) in [5.74, 6) is 0.134. The van der Waals surface area contributed by atoms with Gasteiger partial charge in [-0.25, -0.2) is 8.42 Å². The molecular formula is C30H46N4O4S. The number of amides is 1. The zero-order valence-electron chi connectivity index (χ0n) is 24.1. The lowest BCUT2D eigenvalue weighted by atomic mass is 9.94. The molecule has 1 aromatic carbocycles. The lowest BCUT2D eigenvalue weighted by molar-refractivity contribution is -0.121. The van der Waals surface area contributed by atoms with Gasteiger partial charge in [0.2, 0.25) is 15.9 Å². The first kappa shape index (κ1) is 30.8. The highest BCUT2D eigenvalue weighted by Crippen LogP contribution is 2.35. The number of nitrogens with zero attached hydrogens (tertiary/aromatic N) is 3. The summed E-state index contributed by atoms with van der Waals surface area (Å²) < 4.78 is 33.9. The Hall–Kier alpha value is -2.78. The van der Waals surface area contributed by atoms with Crippen LogP contribution in [0.4, 0.5) is 5.69 Å². The second-order valence-corrected chi connectivity index (χ2v) is 12.8. The maximum Gasteiger partial charge on any atom is 0.240 e. The number of benzene rings is 1. The number of piperidine rings is 1. The third kappa shape index (κ3) is 6.87. The number of rotatable bonds is 11. The Labute approximate surface area is 235 Å². The standard InChI is InChI=1S/C30H46N4O4S/c1-6-9-21-38-28-12-11-27(23-25(28)5)32-15-10-16-34(20-19-32)39(36,37)30(29(31)35)13-17-33(18-14-30)26(8-3)22-24(4)7-2/h7-8,11-12,22-23H,2,6,9-10,13-21H2,1,3-5H3,(H2,31,35)/b24-22-,26-8+. The van der Waals surface area contributed by atoms with Gasteiger partial charge in [0.15, 0.2) is 4.75 Å². The van der Waals surface area contributed by atoms with Gasteiger partial charge in [-0.15, -0.1) is 0 Å². The van der Waals surface area contributed by atoms with Crippen molar-refractivity contribution >= 4 is 21.6 Å². The van der Waals surface area contributed by atoms with E-state index in [1.54, 1.807) is 6.08 Å². The first-order chi connectivity index (χ1) is 18.6. The summed E-state index contributed by atoms with van der Waals surface area (Å²) in [6.45, 7) is 15.5. The number of nitrogens with two attached hydrogens (primary N) is 1. The van der Waals surface area contributed by atoms with Gasteiger partial charge in [0.05, 0.1) is 6.61 Å². The molecule has 2 aliphatic rings. The molecule has 1 amide bonds. The summed E-state index contributed by atoms with van der Waals surface area (Å²) in [5, 5.41) is 0. The van der Waals surface area contributed by atoms with Gasteiger partial charge >= 0.3 is 0 Å². The molecule has 2 aliphatic heterocycles.